The topological polar surface area (TPSA) is 170 Å². The zero-order valence-corrected chi connectivity index (χ0v) is 9.14. The standard InChI is InChI=1S/CH2N2.2Ca.4H2O/c2-1-3;;;;;;/h2H2;;;4*1H2/q;2*+2;;;;/p-4. The van der Waals surface area contributed by atoms with Gasteiger partial charge >= 0.3 is 75.5 Å². The van der Waals surface area contributed by atoms with Gasteiger partial charge in [-0.25, -0.2) is 0 Å². The summed E-state index contributed by atoms with van der Waals surface area (Å²) < 4.78 is 0. The molecule has 9 heavy (non-hydrogen) atoms. The van der Waals surface area contributed by atoms with Crippen molar-refractivity contribution in [1.29, 1.82) is 5.26 Å². The van der Waals surface area contributed by atoms with Crippen molar-refractivity contribution in [3.8, 4) is 6.19 Å². The fourth-order valence-electron chi connectivity index (χ4n) is 0. The van der Waals surface area contributed by atoms with E-state index < -0.39 is 0 Å². The zero-order chi connectivity index (χ0) is 2.71. The molecule has 8 heteroatoms. The first-order valence-corrected chi connectivity index (χ1v) is 0.512. The largest absolute Gasteiger partial charge is 2.00 e. The second kappa shape index (κ2) is 103. The van der Waals surface area contributed by atoms with Gasteiger partial charge in [0.05, 0.1) is 0 Å². The molecule has 0 aromatic heterocycles. The predicted molar refractivity (Wildman–Crippen MR) is 29.1 cm³/mol. The maximum Gasteiger partial charge on any atom is 2.00 e. The molecule has 0 fully saturated rings. The summed E-state index contributed by atoms with van der Waals surface area (Å²) in [5, 5.41) is 7.10. The van der Waals surface area contributed by atoms with Crippen molar-refractivity contribution in [1.82, 2.24) is 0 Å². The summed E-state index contributed by atoms with van der Waals surface area (Å²) in [4.78, 5) is 0. The number of hydrogen-bond donors (Lipinski definition) is 1. The van der Waals surface area contributed by atoms with E-state index in [9.17, 15) is 0 Å². The van der Waals surface area contributed by atoms with Crippen LogP contribution < -0.4 is 5.73 Å². The van der Waals surface area contributed by atoms with Gasteiger partial charge in [-0.3, -0.25) is 0 Å². The number of nitrogens with zero attached hydrogens (tertiary/aromatic N) is 1. The van der Waals surface area contributed by atoms with Crippen LogP contribution >= 0.6 is 0 Å². The van der Waals surface area contributed by atoms with Crippen LogP contribution in [0, 0.1) is 11.5 Å². The van der Waals surface area contributed by atoms with Gasteiger partial charge in [0, 0.05) is 0 Å². The van der Waals surface area contributed by atoms with Gasteiger partial charge in [-0.1, -0.05) is 0 Å². The molecule has 0 aliphatic rings. The summed E-state index contributed by atoms with van der Waals surface area (Å²) in [5.41, 5.74) is 4.15. The van der Waals surface area contributed by atoms with Crippen LogP contribution in [0.2, 0.25) is 0 Å². The molecule has 0 atom stereocenters. The summed E-state index contributed by atoms with van der Waals surface area (Å²) in [7, 11) is 0. The third kappa shape index (κ3) is 208. The van der Waals surface area contributed by atoms with Crippen molar-refractivity contribution in [3.63, 3.8) is 0 Å². The van der Waals surface area contributed by atoms with Crippen molar-refractivity contribution in [2.45, 2.75) is 0 Å². The Morgan fingerprint density at radius 2 is 0.889 bits per heavy atom. The molecule has 0 bridgehead atoms. The molecule has 0 saturated heterocycles. The first-order chi connectivity index (χ1) is 1.41. The van der Waals surface area contributed by atoms with Gasteiger partial charge in [0.15, 0.2) is 6.19 Å². The molecule has 0 spiro atoms. The molecule has 0 aliphatic heterocycles. The molecule has 0 radical (unpaired) electrons. The van der Waals surface area contributed by atoms with Crippen LogP contribution in [0.4, 0.5) is 0 Å². The number of nitrogens with two attached hydrogens (primary N) is 1. The summed E-state index contributed by atoms with van der Waals surface area (Å²) in [6.45, 7) is 0. The van der Waals surface area contributed by atoms with Crippen molar-refractivity contribution in [2.24, 2.45) is 5.73 Å². The molecule has 0 rings (SSSR count). The van der Waals surface area contributed by atoms with E-state index in [-0.39, 0.29) is 97.4 Å². The molecule has 0 amide bonds. The quantitative estimate of drug-likeness (QED) is 0.262. The van der Waals surface area contributed by atoms with Crippen LogP contribution in [0.25, 0.3) is 0 Å². The van der Waals surface area contributed by atoms with E-state index in [2.05, 4.69) is 5.73 Å². The van der Waals surface area contributed by atoms with E-state index in [0.717, 1.165) is 0 Å². The Hall–Kier alpha value is 1.65. The fraction of sp³-hybridized carbons (Fsp3) is 0. The first kappa shape index (κ1) is 74.5. The summed E-state index contributed by atoms with van der Waals surface area (Å²) in [6, 6.07) is 0. The maximum atomic E-state index is 7.10. The van der Waals surface area contributed by atoms with Crippen LogP contribution in [-0.4, -0.2) is 97.4 Å². The van der Waals surface area contributed by atoms with Crippen LogP contribution in [0.15, 0.2) is 0 Å². The van der Waals surface area contributed by atoms with Crippen molar-refractivity contribution in [2.75, 3.05) is 0 Å². The predicted octanol–water partition coefficient (Wildman–Crippen LogP) is -2.04. The molecule has 0 unspecified atom stereocenters. The van der Waals surface area contributed by atoms with Crippen LogP contribution in [0.1, 0.15) is 0 Å². The fourth-order valence-corrected chi connectivity index (χ4v) is 0. The average molecular weight is 190 g/mol. The molecular weight excluding hydrogens is 184 g/mol. The van der Waals surface area contributed by atoms with Gasteiger partial charge in [-0.2, -0.15) is 5.26 Å². The van der Waals surface area contributed by atoms with Crippen molar-refractivity contribution >= 4 is 75.5 Å². The number of nitriles is 1. The summed E-state index contributed by atoms with van der Waals surface area (Å²) in [6.07, 6.45) is 1.25. The van der Waals surface area contributed by atoms with Crippen LogP contribution in [-0.2, 0) is 0 Å². The normalized spacial score (nSPS) is 0.778. The van der Waals surface area contributed by atoms with E-state index in [1.54, 1.807) is 0 Å². The third-order valence-corrected chi connectivity index (χ3v) is 0. The molecule has 0 aromatic rings. The molecular formula is CH6Ca2N2O4. The minimum absolute atomic E-state index is 0. The Balaban J connectivity index is -0.00000000133. The van der Waals surface area contributed by atoms with E-state index in [1.807, 2.05) is 0 Å². The monoisotopic (exact) mass is 190 g/mol. The SMILES string of the molecule is N#CN.[Ca+2].[Ca+2].[OH-].[OH-].[OH-].[OH-]. The van der Waals surface area contributed by atoms with Crippen LogP contribution in [0.3, 0.4) is 0 Å². The first-order valence-electron chi connectivity index (χ1n) is 0.512. The Kier molecular flexibility index (Phi) is 851. The summed E-state index contributed by atoms with van der Waals surface area (Å²) in [5.74, 6) is 0. The molecule has 48 valence electrons. The maximum absolute atomic E-state index is 7.10. The second-order valence-corrected chi connectivity index (χ2v) is 0.129. The van der Waals surface area contributed by atoms with Gasteiger partial charge in [-0.05, 0) is 0 Å². The molecule has 6 N–H and O–H groups in total. The smallest absolute Gasteiger partial charge is 0.870 e. The Morgan fingerprint density at radius 3 is 0.889 bits per heavy atom. The van der Waals surface area contributed by atoms with Gasteiger partial charge < -0.3 is 27.6 Å². The Labute approximate surface area is 113 Å². The van der Waals surface area contributed by atoms with Crippen molar-refractivity contribution in [3.05, 3.63) is 0 Å². The minimum Gasteiger partial charge on any atom is -0.870 e. The Morgan fingerprint density at radius 1 is 0.889 bits per heavy atom. The van der Waals surface area contributed by atoms with Gasteiger partial charge in [0.1, 0.15) is 0 Å². The van der Waals surface area contributed by atoms with E-state index in [1.165, 1.54) is 6.19 Å². The van der Waals surface area contributed by atoms with Crippen molar-refractivity contribution < 1.29 is 21.9 Å². The Bertz CT molecular complexity index is 38.0. The molecule has 6 nitrogen and oxygen atoms in total. The van der Waals surface area contributed by atoms with E-state index >= 15 is 0 Å². The van der Waals surface area contributed by atoms with Gasteiger partial charge in [0.2, 0.25) is 0 Å². The minimum atomic E-state index is 0. The third-order valence-electron chi connectivity index (χ3n) is 0. The van der Waals surface area contributed by atoms with Gasteiger partial charge in [-0.15, -0.1) is 0 Å². The number of rotatable bonds is 0. The molecule has 0 saturated carbocycles. The average Bonchev–Trinajstić information content (AvgIpc) is 0.918. The molecule has 0 heterocycles. The van der Waals surface area contributed by atoms with E-state index in [4.69, 9.17) is 5.26 Å². The number of hydrogen-bond acceptors (Lipinski definition) is 6. The zero-order valence-electron chi connectivity index (χ0n) is 4.73. The van der Waals surface area contributed by atoms with Gasteiger partial charge in [0.25, 0.3) is 0 Å². The molecule has 0 aliphatic carbocycles. The second-order valence-electron chi connectivity index (χ2n) is 0.129. The van der Waals surface area contributed by atoms with E-state index in [0.29, 0.717) is 0 Å². The molecule has 0 aromatic carbocycles. The van der Waals surface area contributed by atoms with Crippen LogP contribution in [0.5, 0.6) is 0 Å². The summed E-state index contributed by atoms with van der Waals surface area (Å²) >= 11 is 0.